The number of carbonyl (C=O) groups is 1. The number of carbonyl (C=O) groups excluding carboxylic acids is 1. The zero-order chi connectivity index (χ0) is 13.8. The van der Waals surface area contributed by atoms with E-state index in [1.54, 1.807) is 0 Å². The molecule has 0 aliphatic carbocycles. The number of nitrogens with one attached hydrogen (secondary N) is 1. The molecule has 5 nitrogen and oxygen atoms in total. The van der Waals surface area contributed by atoms with Gasteiger partial charge in [-0.25, -0.2) is 0 Å². The Morgan fingerprint density at radius 2 is 2.11 bits per heavy atom. The van der Waals surface area contributed by atoms with E-state index >= 15 is 0 Å². The fourth-order valence-corrected chi connectivity index (χ4v) is 2.60. The van der Waals surface area contributed by atoms with Crippen LogP contribution in [0.4, 0.5) is 0 Å². The first kappa shape index (κ1) is 14.0. The van der Waals surface area contributed by atoms with Crippen LogP contribution in [-0.4, -0.2) is 52.4 Å². The predicted octanol–water partition coefficient (Wildman–Crippen LogP) is -0.271. The SMILES string of the molecule is CC(=O)N[C@@H]1CN(Cc2ccccc2)[C@@H](CO)[C@@H]1O. The molecule has 0 bridgehead atoms. The zero-order valence-electron chi connectivity index (χ0n) is 11.0. The highest BCUT2D eigenvalue weighted by Gasteiger charge is 2.40. The highest BCUT2D eigenvalue weighted by Crippen LogP contribution is 2.21. The highest BCUT2D eigenvalue weighted by atomic mass is 16.3. The summed E-state index contributed by atoms with van der Waals surface area (Å²) in [6.07, 6.45) is -0.738. The van der Waals surface area contributed by atoms with Crippen molar-refractivity contribution in [2.45, 2.75) is 31.7 Å². The minimum atomic E-state index is -0.738. The molecule has 0 saturated carbocycles. The van der Waals surface area contributed by atoms with Crippen molar-refractivity contribution in [3.8, 4) is 0 Å². The van der Waals surface area contributed by atoms with Gasteiger partial charge in [0.25, 0.3) is 0 Å². The Bertz CT molecular complexity index is 424. The molecule has 0 spiro atoms. The van der Waals surface area contributed by atoms with Gasteiger partial charge in [-0.05, 0) is 5.56 Å². The van der Waals surface area contributed by atoms with Crippen LogP contribution in [0, 0.1) is 0 Å². The molecule has 1 amide bonds. The van der Waals surface area contributed by atoms with E-state index < -0.39 is 6.10 Å². The molecule has 19 heavy (non-hydrogen) atoms. The number of rotatable bonds is 4. The Morgan fingerprint density at radius 3 is 2.68 bits per heavy atom. The standard InChI is InChI=1S/C14H20N2O3/c1-10(18)15-12-8-16(13(9-17)14(12)19)7-11-5-3-2-4-6-11/h2-6,12-14,17,19H,7-9H2,1H3,(H,15,18)/t12-,13+,14-/m1/s1. The quantitative estimate of drug-likeness (QED) is 0.700. The van der Waals surface area contributed by atoms with Crippen LogP contribution < -0.4 is 5.32 Å². The topological polar surface area (TPSA) is 72.8 Å². The van der Waals surface area contributed by atoms with Gasteiger partial charge in [0.1, 0.15) is 0 Å². The minimum Gasteiger partial charge on any atom is -0.395 e. The number of amides is 1. The van der Waals surface area contributed by atoms with Crippen LogP contribution >= 0.6 is 0 Å². The van der Waals surface area contributed by atoms with Gasteiger partial charge in [-0.2, -0.15) is 0 Å². The Hall–Kier alpha value is -1.43. The molecule has 0 radical (unpaired) electrons. The van der Waals surface area contributed by atoms with Crippen LogP contribution in [0.1, 0.15) is 12.5 Å². The molecular weight excluding hydrogens is 244 g/mol. The molecule has 1 aromatic carbocycles. The fraction of sp³-hybridized carbons (Fsp3) is 0.500. The maximum absolute atomic E-state index is 11.1. The van der Waals surface area contributed by atoms with Crippen molar-refractivity contribution in [1.82, 2.24) is 10.2 Å². The molecule has 0 unspecified atom stereocenters. The van der Waals surface area contributed by atoms with E-state index in [-0.39, 0.29) is 24.6 Å². The average Bonchev–Trinajstić information content (AvgIpc) is 2.66. The van der Waals surface area contributed by atoms with Gasteiger partial charge in [-0.3, -0.25) is 9.69 Å². The molecule has 1 heterocycles. The van der Waals surface area contributed by atoms with E-state index in [2.05, 4.69) is 5.32 Å². The number of benzene rings is 1. The average molecular weight is 264 g/mol. The van der Waals surface area contributed by atoms with E-state index in [4.69, 9.17) is 0 Å². The fourth-order valence-electron chi connectivity index (χ4n) is 2.60. The predicted molar refractivity (Wildman–Crippen MR) is 71.3 cm³/mol. The normalized spacial score (nSPS) is 27.4. The molecule has 2 rings (SSSR count). The van der Waals surface area contributed by atoms with E-state index in [0.29, 0.717) is 13.1 Å². The summed E-state index contributed by atoms with van der Waals surface area (Å²) in [5.74, 6) is -0.165. The first-order valence-electron chi connectivity index (χ1n) is 6.46. The summed E-state index contributed by atoms with van der Waals surface area (Å²) in [4.78, 5) is 13.1. The summed E-state index contributed by atoms with van der Waals surface area (Å²) in [7, 11) is 0. The summed E-state index contributed by atoms with van der Waals surface area (Å²) in [5.41, 5.74) is 1.12. The summed E-state index contributed by atoms with van der Waals surface area (Å²) >= 11 is 0. The molecule has 1 aliphatic rings. The summed E-state index contributed by atoms with van der Waals surface area (Å²) in [6, 6.07) is 9.23. The van der Waals surface area contributed by atoms with E-state index in [1.165, 1.54) is 6.92 Å². The Balaban J connectivity index is 2.05. The van der Waals surface area contributed by atoms with Gasteiger partial charge in [0.05, 0.1) is 24.8 Å². The molecule has 0 aromatic heterocycles. The second kappa shape index (κ2) is 6.14. The molecule has 3 N–H and O–H groups in total. The Kier molecular flexibility index (Phi) is 4.52. The molecule has 5 heteroatoms. The van der Waals surface area contributed by atoms with Crippen molar-refractivity contribution in [2.24, 2.45) is 0 Å². The van der Waals surface area contributed by atoms with Gasteiger partial charge in [-0.15, -0.1) is 0 Å². The molecule has 104 valence electrons. The Labute approximate surface area is 112 Å². The van der Waals surface area contributed by atoms with Crippen molar-refractivity contribution in [3.63, 3.8) is 0 Å². The first-order chi connectivity index (χ1) is 9.11. The summed E-state index contributed by atoms with van der Waals surface area (Å²) < 4.78 is 0. The lowest BCUT2D eigenvalue weighted by Gasteiger charge is -2.23. The number of aliphatic hydroxyl groups excluding tert-OH is 2. The van der Waals surface area contributed by atoms with E-state index in [0.717, 1.165) is 5.56 Å². The van der Waals surface area contributed by atoms with Crippen molar-refractivity contribution < 1.29 is 15.0 Å². The van der Waals surface area contributed by atoms with Crippen LogP contribution in [0.15, 0.2) is 30.3 Å². The molecule has 1 fully saturated rings. The van der Waals surface area contributed by atoms with Crippen molar-refractivity contribution in [1.29, 1.82) is 0 Å². The third kappa shape index (κ3) is 3.32. The maximum atomic E-state index is 11.1. The molecular formula is C14H20N2O3. The third-order valence-electron chi connectivity index (χ3n) is 3.51. The number of aliphatic hydroxyl groups is 2. The van der Waals surface area contributed by atoms with Crippen LogP contribution in [0.25, 0.3) is 0 Å². The smallest absolute Gasteiger partial charge is 0.217 e. The third-order valence-corrected chi connectivity index (χ3v) is 3.51. The summed E-state index contributed by atoms with van der Waals surface area (Å²) in [6.45, 7) is 2.50. The lowest BCUT2D eigenvalue weighted by Crippen LogP contribution is -2.44. The minimum absolute atomic E-state index is 0.121. The second-order valence-electron chi connectivity index (χ2n) is 4.96. The van der Waals surface area contributed by atoms with Crippen LogP contribution in [0.5, 0.6) is 0 Å². The number of hydrogen-bond donors (Lipinski definition) is 3. The van der Waals surface area contributed by atoms with Gasteiger partial charge in [0.15, 0.2) is 0 Å². The second-order valence-corrected chi connectivity index (χ2v) is 4.96. The number of likely N-dealkylation sites (tertiary alicyclic amines) is 1. The monoisotopic (exact) mass is 264 g/mol. The van der Waals surface area contributed by atoms with E-state index in [9.17, 15) is 15.0 Å². The van der Waals surface area contributed by atoms with Gasteiger partial charge in [0, 0.05) is 20.0 Å². The van der Waals surface area contributed by atoms with Crippen molar-refractivity contribution in [3.05, 3.63) is 35.9 Å². The molecule has 1 aliphatic heterocycles. The summed E-state index contributed by atoms with van der Waals surface area (Å²) in [5, 5.41) is 22.3. The zero-order valence-corrected chi connectivity index (χ0v) is 11.0. The van der Waals surface area contributed by atoms with Gasteiger partial charge < -0.3 is 15.5 Å². The van der Waals surface area contributed by atoms with Gasteiger partial charge >= 0.3 is 0 Å². The molecule has 1 saturated heterocycles. The van der Waals surface area contributed by atoms with Crippen molar-refractivity contribution >= 4 is 5.91 Å². The maximum Gasteiger partial charge on any atom is 0.217 e. The van der Waals surface area contributed by atoms with Crippen molar-refractivity contribution in [2.75, 3.05) is 13.2 Å². The van der Waals surface area contributed by atoms with Gasteiger partial charge in [0.2, 0.25) is 5.91 Å². The highest BCUT2D eigenvalue weighted by molar-refractivity contribution is 5.73. The molecule has 1 aromatic rings. The van der Waals surface area contributed by atoms with E-state index in [1.807, 2.05) is 35.2 Å². The van der Waals surface area contributed by atoms with Crippen LogP contribution in [-0.2, 0) is 11.3 Å². The lowest BCUT2D eigenvalue weighted by atomic mass is 10.1. The largest absolute Gasteiger partial charge is 0.395 e. The number of hydrogen-bond acceptors (Lipinski definition) is 4. The first-order valence-corrected chi connectivity index (χ1v) is 6.46. The molecule has 3 atom stereocenters. The Morgan fingerprint density at radius 1 is 1.42 bits per heavy atom. The lowest BCUT2D eigenvalue weighted by molar-refractivity contribution is -0.120. The van der Waals surface area contributed by atoms with Crippen LogP contribution in [0.3, 0.4) is 0 Å². The van der Waals surface area contributed by atoms with Crippen LogP contribution in [0.2, 0.25) is 0 Å². The number of nitrogens with zero attached hydrogens (tertiary/aromatic N) is 1. The van der Waals surface area contributed by atoms with Gasteiger partial charge in [-0.1, -0.05) is 30.3 Å².